The summed E-state index contributed by atoms with van der Waals surface area (Å²) in [5.74, 6) is 0.888. The van der Waals surface area contributed by atoms with Crippen LogP contribution in [-0.2, 0) is 0 Å². The first kappa shape index (κ1) is 13.5. The van der Waals surface area contributed by atoms with E-state index in [0.717, 1.165) is 0 Å². The van der Waals surface area contributed by atoms with Crippen LogP contribution in [0.2, 0.25) is 0 Å². The van der Waals surface area contributed by atoms with Crippen molar-refractivity contribution >= 4 is 12.0 Å². The molecule has 2 rings (SSSR count). The average Bonchev–Trinajstić information content (AvgIpc) is 2.48. The topological polar surface area (TPSA) is 78.7 Å². The molecule has 6 heteroatoms. The number of carbonyl (C=O) groups excluding carboxylic acids is 1. The van der Waals surface area contributed by atoms with E-state index in [-0.39, 0.29) is 11.4 Å². The van der Waals surface area contributed by atoms with Crippen molar-refractivity contribution in [2.24, 2.45) is 0 Å². The highest BCUT2D eigenvalue weighted by Crippen LogP contribution is 2.34. The van der Waals surface area contributed by atoms with E-state index >= 15 is 0 Å². The summed E-state index contributed by atoms with van der Waals surface area (Å²) in [4.78, 5) is 21.0. The van der Waals surface area contributed by atoms with Gasteiger partial charge in [0.05, 0.1) is 18.1 Å². The molecular weight excluding hydrogens is 262 g/mol. The van der Waals surface area contributed by atoms with Crippen LogP contribution < -0.4 is 9.47 Å². The Balaban J connectivity index is 2.31. The van der Waals surface area contributed by atoms with Crippen molar-refractivity contribution < 1.29 is 19.2 Å². The smallest absolute Gasteiger partial charge is 0.315 e. The molecule has 20 heavy (non-hydrogen) atoms. The minimum absolute atomic E-state index is 0.106. The molecule has 0 spiro atoms. The van der Waals surface area contributed by atoms with Crippen molar-refractivity contribution in [3.8, 4) is 17.2 Å². The van der Waals surface area contributed by atoms with E-state index in [4.69, 9.17) is 9.47 Å². The second kappa shape index (κ2) is 5.83. The summed E-state index contributed by atoms with van der Waals surface area (Å²) in [6.45, 7) is 0. The van der Waals surface area contributed by atoms with Crippen molar-refractivity contribution in [2.75, 3.05) is 7.11 Å². The van der Waals surface area contributed by atoms with Gasteiger partial charge in [-0.15, -0.1) is 0 Å². The van der Waals surface area contributed by atoms with Crippen LogP contribution in [-0.4, -0.2) is 18.3 Å². The number of rotatable bonds is 5. The zero-order valence-corrected chi connectivity index (χ0v) is 10.6. The summed E-state index contributed by atoms with van der Waals surface area (Å²) in [6, 6.07) is 10.6. The highest BCUT2D eigenvalue weighted by atomic mass is 16.6. The van der Waals surface area contributed by atoms with Crippen molar-refractivity contribution in [3.63, 3.8) is 0 Å². The Morgan fingerprint density at radius 1 is 1.10 bits per heavy atom. The Labute approximate surface area is 114 Å². The van der Waals surface area contributed by atoms with Crippen molar-refractivity contribution in [3.05, 3.63) is 58.1 Å². The van der Waals surface area contributed by atoms with Gasteiger partial charge in [-0.05, 0) is 36.4 Å². The molecule has 0 aromatic heterocycles. The van der Waals surface area contributed by atoms with Crippen molar-refractivity contribution in [1.82, 2.24) is 0 Å². The molecule has 0 heterocycles. The molecule has 0 amide bonds. The molecule has 0 fully saturated rings. The lowest BCUT2D eigenvalue weighted by Gasteiger charge is -2.07. The molecule has 102 valence electrons. The maximum Gasteiger partial charge on any atom is 0.315 e. The molecule has 0 unspecified atom stereocenters. The highest BCUT2D eigenvalue weighted by Gasteiger charge is 2.17. The first-order valence-corrected chi connectivity index (χ1v) is 5.69. The molecule has 0 saturated carbocycles. The van der Waals surface area contributed by atoms with E-state index in [1.807, 2.05) is 0 Å². The molecule has 0 atom stereocenters. The van der Waals surface area contributed by atoms with Crippen LogP contribution in [0.3, 0.4) is 0 Å². The predicted octanol–water partition coefficient (Wildman–Crippen LogP) is 3.21. The van der Waals surface area contributed by atoms with E-state index in [1.165, 1.54) is 19.2 Å². The van der Waals surface area contributed by atoms with Crippen LogP contribution in [0.5, 0.6) is 17.2 Å². The first-order valence-electron chi connectivity index (χ1n) is 5.69. The number of hydrogen-bond acceptors (Lipinski definition) is 5. The van der Waals surface area contributed by atoms with Gasteiger partial charge in [-0.2, -0.15) is 0 Å². The Bertz CT molecular complexity index is 637. The predicted molar refractivity (Wildman–Crippen MR) is 71.6 cm³/mol. The molecule has 0 aliphatic heterocycles. The van der Waals surface area contributed by atoms with Crippen LogP contribution in [0.15, 0.2) is 42.5 Å². The van der Waals surface area contributed by atoms with Gasteiger partial charge in [0.25, 0.3) is 0 Å². The maximum absolute atomic E-state index is 11.0. The molecule has 0 N–H and O–H groups in total. The molecule has 0 aliphatic carbocycles. The van der Waals surface area contributed by atoms with Crippen LogP contribution >= 0.6 is 0 Å². The number of nitro groups is 1. The molecule has 2 aromatic rings. The number of benzene rings is 2. The zero-order chi connectivity index (χ0) is 14.5. The van der Waals surface area contributed by atoms with Gasteiger partial charge in [0, 0.05) is 5.56 Å². The van der Waals surface area contributed by atoms with Crippen molar-refractivity contribution in [1.29, 1.82) is 0 Å². The Kier molecular flexibility index (Phi) is 3.95. The summed E-state index contributed by atoms with van der Waals surface area (Å²) in [5.41, 5.74) is 0.311. The van der Waals surface area contributed by atoms with E-state index in [9.17, 15) is 14.9 Å². The normalized spacial score (nSPS) is 9.85. The van der Waals surface area contributed by atoms with Crippen molar-refractivity contribution in [2.45, 2.75) is 0 Å². The fourth-order valence-electron chi connectivity index (χ4n) is 1.59. The van der Waals surface area contributed by atoms with E-state index < -0.39 is 4.92 Å². The Morgan fingerprint density at radius 3 is 2.30 bits per heavy atom. The van der Waals surface area contributed by atoms with Gasteiger partial charge in [0.2, 0.25) is 5.75 Å². The van der Waals surface area contributed by atoms with Gasteiger partial charge in [0.1, 0.15) is 17.8 Å². The standard InChI is InChI=1S/C14H11NO5/c1-19-12-6-7-14(13(8-12)15(17)18)20-11-4-2-10(9-16)3-5-11/h2-9H,1H3. The maximum atomic E-state index is 11.0. The minimum Gasteiger partial charge on any atom is -0.496 e. The van der Waals surface area contributed by atoms with Crippen LogP contribution in [0.4, 0.5) is 5.69 Å². The lowest BCUT2D eigenvalue weighted by Crippen LogP contribution is -1.95. The third kappa shape index (κ3) is 2.92. The fraction of sp³-hybridized carbons (Fsp3) is 0.0714. The number of nitro benzene ring substituents is 1. The number of carbonyl (C=O) groups is 1. The second-order valence-electron chi connectivity index (χ2n) is 3.88. The van der Waals surface area contributed by atoms with Crippen LogP contribution in [0.25, 0.3) is 0 Å². The fourth-order valence-corrected chi connectivity index (χ4v) is 1.59. The highest BCUT2D eigenvalue weighted by molar-refractivity contribution is 5.74. The molecular formula is C14H11NO5. The van der Waals surface area contributed by atoms with E-state index in [0.29, 0.717) is 23.3 Å². The molecule has 6 nitrogen and oxygen atoms in total. The van der Waals surface area contributed by atoms with Gasteiger partial charge < -0.3 is 9.47 Å². The summed E-state index contributed by atoms with van der Waals surface area (Å²) < 4.78 is 10.4. The van der Waals surface area contributed by atoms with Crippen LogP contribution in [0.1, 0.15) is 10.4 Å². The molecule has 0 saturated heterocycles. The number of methoxy groups -OCH3 is 1. The Morgan fingerprint density at radius 2 is 1.75 bits per heavy atom. The number of aldehydes is 1. The SMILES string of the molecule is COc1ccc(Oc2ccc(C=O)cc2)c([N+](=O)[O-])c1. The summed E-state index contributed by atoms with van der Waals surface area (Å²) in [6.07, 6.45) is 0.708. The number of ether oxygens (including phenoxy) is 2. The average molecular weight is 273 g/mol. The third-order valence-corrected chi connectivity index (χ3v) is 2.61. The lowest BCUT2D eigenvalue weighted by molar-refractivity contribution is -0.385. The summed E-state index contributed by atoms with van der Waals surface area (Å²) >= 11 is 0. The van der Waals surface area contributed by atoms with E-state index in [1.54, 1.807) is 30.3 Å². The van der Waals surface area contributed by atoms with Gasteiger partial charge in [-0.3, -0.25) is 14.9 Å². The number of nitrogens with zero attached hydrogens (tertiary/aromatic N) is 1. The van der Waals surface area contributed by atoms with Gasteiger partial charge in [-0.25, -0.2) is 0 Å². The first-order chi connectivity index (χ1) is 9.63. The minimum atomic E-state index is -0.544. The lowest BCUT2D eigenvalue weighted by atomic mass is 10.2. The zero-order valence-electron chi connectivity index (χ0n) is 10.6. The molecule has 0 radical (unpaired) electrons. The third-order valence-electron chi connectivity index (χ3n) is 2.61. The Hall–Kier alpha value is -2.89. The summed E-state index contributed by atoms with van der Waals surface area (Å²) in [7, 11) is 1.43. The second-order valence-corrected chi connectivity index (χ2v) is 3.88. The van der Waals surface area contributed by atoms with Gasteiger partial charge in [-0.1, -0.05) is 0 Å². The van der Waals surface area contributed by atoms with Gasteiger partial charge in [0.15, 0.2) is 0 Å². The molecule has 0 bridgehead atoms. The molecule has 2 aromatic carbocycles. The number of hydrogen-bond donors (Lipinski definition) is 0. The summed E-state index contributed by atoms with van der Waals surface area (Å²) in [5, 5.41) is 11.0. The van der Waals surface area contributed by atoms with Crippen LogP contribution in [0, 0.1) is 10.1 Å². The quantitative estimate of drug-likeness (QED) is 0.475. The largest absolute Gasteiger partial charge is 0.496 e. The molecule has 0 aliphatic rings. The monoisotopic (exact) mass is 273 g/mol. The van der Waals surface area contributed by atoms with E-state index in [2.05, 4.69) is 0 Å². The van der Waals surface area contributed by atoms with Gasteiger partial charge >= 0.3 is 5.69 Å².